The van der Waals surface area contributed by atoms with E-state index in [0.717, 1.165) is 23.0 Å². The fourth-order valence-electron chi connectivity index (χ4n) is 1.61. The Morgan fingerprint density at radius 3 is 1.68 bits per heavy atom. The van der Waals surface area contributed by atoms with Gasteiger partial charge in [0.15, 0.2) is 0 Å². The number of aliphatic hydroxyl groups excluding tert-OH is 1. The van der Waals surface area contributed by atoms with Crippen LogP contribution in [-0.4, -0.2) is 31.4 Å². The maximum absolute atomic E-state index is 10.1. The molecular weight excluding hydrogens is 280 g/mol. The van der Waals surface area contributed by atoms with Gasteiger partial charge in [0, 0.05) is 16.3 Å². The van der Waals surface area contributed by atoms with Gasteiger partial charge in [-0.3, -0.25) is 9.59 Å². The molecule has 2 aromatic rings. The molecule has 0 saturated heterocycles. The predicted octanol–water partition coefficient (Wildman–Crippen LogP) is 1.16. The molecule has 1 N–H and O–H groups in total. The fraction of sp³-hybridized carbons (Fsp3) is 0.111. The van der Waals surface area contributed by atoms with Crippen molar-refractivity contribution in [2.24, 2.45) is 0 Å². The first-order chi connectivity index (χ1) is 10.7. The normalized spacial score (nSPS) is 9.00. The number of methoxy groups -OCH3 is 1. The van der Waals surface area contributed by atoms with Crippen LogP contribution in [-0.2, 0) is 4.74 Å². The van der Waals surface area contributed by atoms with Crippen LogP contribution < -0.4 is 10.4 Å². The van der Waals surface area contributed by atoms with Crippen molar-refractivity contribution < 1.29 is 19.4 Å². The summed E-state index contributed by atoms with van der Waals surface area (Å²) in [5.74, 6) is 0. The quantitative estimate of drug-likeness (QED) is 0.860. The van der Waals surface area contributed by atoms with Gasteiger partial charge in [-0.2, -0.15) is 0 Å². The lowest BCUT2D eigenvalue weighted by atomic mass is 10.2. The molecule has 2 aromatic carbocycles. The molecule has 0 aliphatic carbocycles. The summed E-state index contributed by atoms with van der Waals surface area (Å²) in [7, 11) is 1.62. The number of ether oxygens (including phenoxy) is 1. The van der Waals surface area contributed by atoms with Crippen molar-refractivity contribution in [1.82, 2.24) is 0 Å². The van der Waals surface area contributed by atoms with Crippen molar-refractivity contribution in [1.29, 1.82) is 0 Å². The van der Waals surface area contributed by atoms with Gasteiger partial charge in [0.1, 0.15) is 12.6 Å². The molecule has 0 unspecified atom stereocenters. The molecule has 4 heteroatoms. The second-order valence-corrected chi connectivity index (χ2v) is 4.31. The van der Waals surface area contributed by atoms with E-state index in [9.17, 15) is 9.59 Å². The Bertz CT molecular complexity index is 617. The zero-order chi connectivity index (χ0) is 16.2. The molecule has 0 saturated carbocycles. The molecule has 0 atom stereocenters. The highest BCUT2D eigenvalue weighted by molar-refractivity contribution is 5.79. The Morgan fingerprint density at radius 2 is 1.32 bits per heavy atom. The van der Waals surface area contributed by atoms with Crippen LogP contribution in [0, 0.1) is 0 Å². The molecule has 114 valence electrons. The topological polar surface area (TPSA) is 63.6 Å². The van der Waals surface area contributed by atoms with Gasteiger partial charge >= 0.3 is 0 Å². The minimum absolute atomic E-state index is 0.0767. The van der Waals surface area contributed by atoms with Gasteiger partial charge in [0.05, 0.1) is 20.0 Å². The van der Waals surface area contributed by atoms with Crippen molar-refractivity contribution in [3.63, 3.8) is 0 Å². The Balaban J connectivity index is 0.000000224. The molecule has 0 radical (unpaired) electrons. The molecule has 0 aliphatic heterocycles. The van der Waals surface area contributed by atoms with Crippen LogP contribution in [0.25, 0.3) is 12.3 Å². The van der Waals surface area contributed by atoms with E-state index in [0.29, 0.717) is 11.1 Å². The molecule has 0 bridgehead atoms. The number of hydrogen-bond donors (Lipinski definition) is 1. The van der Waals surface area contributed by atoms with Gasteiger partial charge in [0.25, 0.3) is 0 Å². The minimum atomic E-state index is 0.0767. The summed E-state index contributed by atoms with van der Waals surface area (Å²) in [6.07, 6.45) is 4.91. The molecule has 22 heavy (non-hydrogen) atoms. The van der Waals surface area contributed by atoms with Gasteiger partial charge in [-0.05, 0) is 5.22 Å². The zero-order valence-electron chi connectivity index (χ0n) is 12.3. The van der Waals surface area contributed by atoms with Crippen LogP contribution in [0.5, 0.6) is 0 Å². The van der Waals surface area contributed by atoms with Crippen LogP contribution in [0.2, 0.25) is 0 Å². The van der Waals surface area contributed by atoms with Gasteiger partial charge in [-0.15, -0.1) is 0 Å². The summed E-state index contributed by atoms with van der Waals surface area (Å²) in [5, 5.41) is 10.6. The lowest BCUT2D eigenvalue weighted by molar-refractivity contribution is 0.111. The molecule has 0 amide bonds. The average molecular weight is 298 g/mol. The highest BCUT2D eigenvalue weighted by atomic mass is 16.5. The first-order valence-electron chi connectivity index (χ1n) is 6.64. The van der Waals surface area contributed by atoms with Gasteiger partial charge in [-0.25, -0.2) is 0 Å². The van der Waals surface area contributed by atoms with E-state index in [-0.39, 0.29) is 6.61 Å². The van der Waals surface area contributed by atoms with Crippen LogP contribution in [0.4, 0.5) is 0 Å². The molecule has 2 rings (SSSR count). The molecule has 0 heterocycles. The van der Waals surface area contributed by atoms with E-state index >= 15 is 0 Å². The lowest BCUT2D eigenvalue weighted by Gasteiger charge is -1.88. The Labute approximate surface area is 129 Å². The number of hydrogen-bond acceptors (Lipinski definition) is 4. The number of carbonyl (C=O) groups excluding carboxylic acids is 2. The van der Waals surface area contributed by atoms with Crippen LogP contribution >= 0.6 is 0 Å². The molecule has 0 fully saturated rings. The van der Waals surface area contributed by atoms with Gasteiger partial charge in [-0.1, -0.05) is 54.6 Å². The third kappa shape index (κ3) is 6.15. The van der Waals surface area contributed by atoms with Crippen LogP contribution in [0.3, 0.4) is 0 Å². The van der Waals surface area contributed by atoms with Gasteiger partial charge in [0.2, 0.25) is 0 Å². The van der Waals surface area contributed by atoms with Crippen LogP contribution in [0.15, 0.2) is 48.5 Å². The number of carbonyl (C=O) groups is 2. The van der Waals surface area contributed by atoms with E-state index in [1.165, 1.54) is 0 Å². The molecule has 4 nitrogen and oxygen atoms in total. The smallest absolute Gasteiger partial charge is 0.150 e. The largest absolute Gasteiger partial charge is 0.504 e. The summed E-state index contributed by atoms with van der Waals surface area (Å²) in [6.45, 7) is 0.0767. The van der Waals surface area contributed by atoms with Gasteiger partial charge < -0.3 is 9.84 Å². The summed E-state index contributed by atoms with van der Waals surface area (Å²) < 4.78 is 4.84. The molecular formula is C18H18O4. The molecule has 0 spiro atoms. The average Bonchev–Trinajstić information content (AvgIpc) is 2.58. The highest BCUT2D eigenvalue weighted by Gasteiger charge is 1.89. The summed E-state index contributed by atoms with van der Waals surface area (Å²) >= 11 is 0. The van der Waals surface area contributed by atoms with E-state index in [2.05, 4.69) is 0 Å². The SMILES string of the molecule is COC=c1ccc(=CCO)cc1.O=Cc1ccc(C=O)cc1. The number of aldehydes is 2. The molecule has 0 aliphatic rings. The minimum Gasteiger partial charge on any atom is -0.504 e. The zero-order valence-corrected chi connectivity index (χ0v) is 12.3. The first kappa shape index (κ1) is 17.3. The van der Waals surface area contributed by atoms with Crippen LogP contribution in [0.1, 0.15) is 20.7 Å². The van der Waals surface area contributed by atoms with Crippen molar-refractivity contribution in [3.05, 3.63) is 70.1 Å². The monoisotopic (exact) mass is 298 g/mol. The maximum atomic E-state index is 10.1. The fourth-order valence-corrected chi connectivity index (χ4v) is 1.61. The van der Waals surface area contributed by atoms with Crippen molar-refractivity contribution in [2.75, 3.05) is 13.7 Å². The maximum Gasteiger partial charge on any atom is 0.150 e. The third-order valence-electron chi connectivity index (χ3n) is 2.73. The molecule has 0 aromatic heterocycles. The number of rotatable bonds is 4. The Kier molecular flexibility index (Phi) is 7.93. The van der Waals surface area contributed by atoms with E-state index in [4.69, 9.17) is 9.84 Å². The Morgan fingerprint density at radius 1 is 0.864 bits per heavy atom. The number of benzene rings is 2. The first-order valence-corrected chi connectivity index (χ1v) is 6.64. The number of aliphatic hydroxyl groups is 1. The van der Waals surface area contributed by atoms with Crippen molar-refractivity contribution in [3.8, 4) is 0 Å². The van der Waals surface area contributed by atoms with Crippen molar-refractivity contribution >= 4 is 24.9 Å². The predicted molar refractivity (Wildman–Crippen MR) is 85.9 cm³/mol. The second-order valence-electron chi connectivity index (χ2n) is 4.31. The highest BCUT2D eigenvalue weighted by Crippen LogP contribution is 1.98. The lowest BCUT2D eigenvalue weighted by Crippen LogP contribution is -2.07. The second kappa shape index (κ2) is 10.1. The van der Waals surface area contributed by atoms with Crippen molar-refractivity contribution in [2.45, 2.75) is 0 Å². The Hall–Kier alpha value is -2.72. The summed E-state index contributed by atoms with van der Waals surface area (Å²) in [5.41, 5.74) is 1.18. The third-order valence-corrected chi connectivity index (χ3v) is 2.73. The summed E-state index contributed by atoms with van der Waals surface area (Å²) in [6, 6.07) is 14.2. The van der Waals surface area contributed by atoms with E-state index < -0.39 is 0 Å². The summed E-state index contributed by atoms with van der Waals surface area (Å²) in [4.78, 5) is 20.2. The van der Waals surface area contributed by atoms with E-state index in [1.54, 1.807) is 43.7 Å². The standard InChI is InChI=1S/C10H12O2.C8H6O2/c1-12-8-10-4-2-9(3-5-10)6-7-11;9-5-7-1-2-8(6-10)4-3-7/h2-6,8,11H,7H2,1H3;1-6H. The van der Waals surface area contributed by atoms with E-state index in [1.807, 2.05) is 24.3 Å².